The molecule has 3 rings (SSSR count). The standard InChI is InChI=1S/C15H15NO2/c17-10-13-5-2-6-15(16-13)18-14-8-7-11-3-1-4-12(11)9-14/h2,5-9,17H,1,3-4,10H2. The van der Waals surface area contributed by atoms with Gasteiger partial charge in [0.15, 0.2) is 0 Å². The Balaban J connectivity index is 1.83. The molecule has 18 heavy (non-hydrogen) atoms. The van der Waals surface area contributed by atoms with Crippen LogP contribution in [0, 0.1) is 0 Å². The van der Waals surface area contributed by atoms with Gasteiger partial charge in [-0.15, -0.1) is 0 Å². The van der Waals surface area contributed by atoms with Crippen LogP contribution >= 0.6 is 0 Å². The second-order valence-electron chi connectivity index (χ2n) is 4.51. The highest BCUT2D eigenvalue weighted by molar-refractivity contribution is 5.39. The molecule has 0 bridgehead atoms. The molecule has 0 atom stereocenters. The van der Waals surface area contributed by atoms with Crippen LogP contribution < -0.4 is 4.74 Å². The summed E-state index contributed by atoms with van der Waals surface area (Å²) in [5, 5.41) is 9.04. The molecule has 3 nitrogen and oxygen atoms in total. The molecule has 0 saturated heterocycles. The number of ether oxygens (including phenoxy) is 1. The van der Waals surface area contributed by atoms with Crippen molar-refractivity contribution < 1.29 is 9.84 Å². The fraction of sp³-hybridized carbons (Fsp3) is 0.267. The zero-order chi connectivity index (χ0) is 12.4. The lowest BCUT2D eigenvalue weighted by Crippen LogP contribution is -1.93. The van der Waals surface area contributed by atoms with Gasteiger partial charge in [0.1, 0.15) is 5.75 Å². The molecule has 1 aromatic carbocycles. The minimum atomic E-state index is -0.0681. The largest absolute Gasteiger partial charge is 0.439 e. The zero-order valence-electron chi connectivity index (χ0n) is 10.1. The molecule has 3 heteroatoms. The third kappa shape index (κ3) is 2.22. The van der Waals surface area contributed by atoms with E-state index in [-0.39, 0.29) is 6.61 Å². The number of hydrogen-bond donors (Lipinski definition) is 1. The lowest BCUT2D eigenvalue weighted by atomic mass is 10.1. The Morgan fingerprint density at radius 3 is 2.89 bits per heavy atom. The van der Waals surface area contributed by atoms with Crippen LogP contribution in [0.2, 0.25) is 0 Å². The molecular weight excluding hydrogens is 226 g/mol. The van der Waals surface area contributed by atoms with Gasteiger partial charge < -0.3 is 9.84 Å². The number of aromatic nitrogens is 1. The van der Waals surface area contributed by atoms with Gasteiger partial charge in [-0.05, 0) is 48.6 Å². The molecule has 1 N–H and O–H groups in total. The Morgan fingerprint density at radius 1 is 1.11 bits per heavy atom. The molecule has 0 aliphatic heterocycles. The smallest absolute Gasteiger partial charge is 0.219 e. The molecule has 2 aromatic rings. The first-order chi connectivity index (χ1) is 8.85. The number of fused-ring (bicyclic) bond motifs is 1. The summed E-state index contributed by atoms with van der Waals surface area (Å²) in [5.74, 6) is 1.35. The Kier molecular flexibility index (Phi) is 2.99. The lowest BCUT2D eigenvalue weighted by Gasteiger charge is -2.07. The van der Waals surface area contributed by atoms with Crippen molar-refractivity contribution in [3.05, 3.63) is 53.2 Å². The average Bonchev–Trinajstić information content (AvgIpc) is 2.86. The van der Waals surface area contributed by atoms with E-state index < -0.39 is 0 Å². The number of aliphatic hydroxyl groups excluding tert-OH is 1. The summed E-state index contributed by atoms with van der Waals surface area (Å²) >= 11 is 0. The molecule has 1 heterocycles. The topological polar surface area (TPSA) is 42.4 Å². The number of aryl methyl sites for hydroxylation is 2. The van der Waals surface area contributed by atoms with Crippen LogP contribution in [-0.2, 0) is 19.4 Å². The summed E-state index contributed by atoms with van der Waals surface area (Å²) in [4.78, 5) is 4.21. The van der Waals surface area contributed by atoms with Crippen LogP contribution in [0.4, 0.5) is 0 Å². The maximum Gasteiger partial charge on any atom is 0.219 e. The predicted octanol–water partition coefficient (Wildman–Crippen LogP) is 2.85. The minimum Gasteiger partial charge on any atom is -0.439 e. The summed E-state index contributed by atoms with van der Waals surface area (Å²) in [6.07, 6.45) is 3.54. The molecule has 0 saturated carbocycles. The first kappa shape index (κ1) is 11.2. The first-order valence-electron chi connectivity index (χ1n) is 6.21. The second-order valence-corrected chi connectivity index (χ2v) is 4.51. The highest BCUT2D eigenvalue weighted by Gasteiger charge is 2.11. The van der Waals surface area contributed by atoms with E-state index in [0.717, 1.165) is 12.2 Å². The molecule has 0 spiro atoms. The normalized spacial score (nSPS) is 13.4. The van der Waals surface area contributed by atoms with E-state index in [1.165, 1.54) is 24.0 Å². The Hall–Kier alpha value is -1.87. The SMILES string of the molecule is OCc1cccc(Oc2ccc3c(c2)CCC3)n1. The molecule has 92 valence electrons. The van der Waals surface area contributed by atoms with Gasteiger partial charge in [0, 0.05) is 6.07 Å². The number of pyridine rings is 1. The number of hydrogen-bond acceptors (Lipinski definition) is 3. The summed E-state index contributed by atoms with van der Waals surface area (Å²) in [5.41, 5.74) is 3.43. The molecule has 0 amide bonds. The quantitative estimate of drug-likeness (QED) is 0.898. The van der Waals surface area contributed by atoms with Crippen molar-refractivity contribution in [1.29, 1.82) is 0 Å². The van der Waals surface area contributed by atoms with Crippen molar-refractivity contribution in [1.82, 2.24) is 4.98 Å². The third-order valence-corrected chi connectivity index (χ3v) is 3.24. The van der Waals surface area contributed by atoms with Gasteiger partial charge in [0.05, 0.1) is 12.3 Å². The zero-order valence-corrected chi connectivity index (χ0v) is 10.1. The Bertz CT molecular complexity index is 566. The highest BCUT2D eigenvalue weighted by Crippen LogP contribution is 2.28. The van der Waals surface area contributed by atoms with E-state index in [1.807, 2.05) is 12.1 Å². The first-order valence-corrected chi connectivity index (χ1v) is 6.21. The highest BCUT2D eigenvalue weighted by atomic mass is 16.5. The maximum absolute atomic E-state index is 9.04. The van der Waals surface area contributed by atoms with E-state index in [2.05, 4.69) is 17.1 Å². The van der Waals surface area contributed by atoms with Crippen LogP contribution in [-0.4, -0.2) is 10.1 Å². The van der Waals surface area contributed by atoms with E-state index in [4.69, 9.17) is 9.84 Å². The van der Waals surface area contributed by atoms with Gasteiger partial charge in [0.25, 0.3) is 0 Å². The van der Waals surface area contributed by atoms with Crippen molar-refractivity contribution >= 4 is 0 Å². The van der Waals surface area contributed by atoms with Crippen molar-refractivity contribution in [2.24, 2.45) is 0 Å². The molecule has 0 unspecified atom stereocenters. The average molecular weight is 241 g/mol. The van der Waals surface area contributed by atoms with Crippen LogP contribution in [0.1, 0.15) is 23.2 Å². The molecular formula is C15H15NO2. The summed E-state index contributed by atoms with van der Waals surface area (Å²) < 4.78 is 5.72. The van der Waals surface area contributed by atoms with Gasteiger partial charge in [-0.25, -0.2) is 4.98 Å². The van der Waals surface area contributed by atoms with Gasteiger partial charge in [-0.2, -0.15) is 0 Å². The number of nitrogens with zero attached hydrogens (tertiary/aromatic N) is 1. The van der Waals surface area contributed by atoms with E-state index in [1.54, 1.807) is 12.1 Å². The van der Waals surface area contributed by atoms with Crippen molar-refractivity contribution in [3.8, 4) is 11.6 Å². The number of rotatable bonds is 3. The molecule has 1 aromatic heterocycles. The Morgan fingerprint density at radius 2 is 2.00 bits per heavy atom. The van der Waals surface area contributed by atoms with Gasteiger partial charge in [-0.1, -0.05) is 12.1 Å². The van der Waals surface area contributed by atoms with E-state index >= 15 is 0 Å². The maximum atomic E-state index is 9.04. The molecule has 0 fully saturated rings. The number of aliphatic hydroxyl groups is 1. The van der Waals surface area contributed by atoms with Gasteiger partial charge in [0.2, 0.25) is 5.88 Å². The van der Waals surface area contributed by atoms with Gasteiger partial charge in [-0.3, -0.25) is 0 Å². The van der Waals surface area contributed by atoms with Crippen molar-refractivity contribution in [3.63, 3.8) is 0 Å². The van der Waals surface area contributed by atoms with Crippen LogP contribution in [0.3, 0.4) is 0 Å². The molecule has 1 aliphatic carbocycles. The molecule has 0 radical (unpaired) electrons. The van der Waals surface area contributed by atoms with Crippen molar-refractivity contribution in [2.75, 3.05) is 0 Å². The second kappa shape index (κ2) is 4.78. The minimum absolute atomic E-state index is 0.0681. The summed E-state index contributed by atoms with van der Waals surface area (Å²) in [6.45, 7) is -0.0681. The van der Waals surface area contributed by atoms with Crippen LogP contribution in [0.5, 0.6) is 11.6 Å². The fourth-order valence-corrected chi connectivity index (χ4v) is 2.33. The predicted molar refractivity (Wildman–Crippen MR) is 68.7 cm³/mol. The Labute approximate surface area is 106 Å². The number of benzene rings is 1. The van der Waals surface area contributed by atoms with E-state index in [9.17, 15) is 0 Å². The van der Waals surface area contributed by atoms with Gasteiger partial charge >= 0.3 is 0 Å². The van der Waals surface area contributed by atoms with Crippen LogP contribution in [0.25, 0.3) is 0 Å². The van der Waals surface area contributed by atoms with Crippen molar-refractivity contribution in [2.45, 2.75) is 25.9 Å². The van der Waals surface area contributed by atoms with Crippen LogP contribution in [0.15, 0.2) is 36.4 Å². The summed E-state index contributed by atoms with van der Waals surface area (Å²) in [7, 11) is 0. The van der Waals surface area contributed by atoms with E-state index in [0.29, 0.717) is 11.6 Å². The monoisotopic (exact) mass is 241 g/mol. The summed E-state index contributed by atoms with van der Waals surface area (Å²) in [6, 6.07) is 11.6. The fourth-order valence-electron chi connectivity index (χ4n) is 2.33. The molecule has 1 aliphatic rings. The lowest BCUT2D eigenvalue weighted by molar-refractivity contribution is 0.275. The third-order valence-electron chi connectivity index (χ3n) is 3.24.